The summed E-state index contributed by atoms with van der Waals surface area (Å²) in [4.78, 5) is 32.5. The zero-order chi connectivity index (χ0) is 25.0. The number of aryl methyl sites for hydroxylation is 1. The van der Waals surface area contributed by atoms with Gasteiger partial charge >= 0.3 is 0 Å². The molecule has 0 aliphatic heterocycles. The molecule has 1 heterocycles. The summed E-state index contributed by atoms with van der Waals surface area (Å²) in [7, 11) is -0.395. The zero-order valence-corrected chi connectivity index (χ0v) is 20.9. The smallest absolute Gasteiger partial charge is 0.269 e. The number of rotatable bonds is 8. The summed E-state index contributed by atoms with van der Waals surface area (Å²) in [6, 6.07) is 2.60. The Kier molecular flexibility index (Phi) is 8.32. The van der Waals surface area contributed by atoms with Crippen molar-refractivity contribution in [2.75, 3.05) is 12.8 Å². The molecule has 0 bridgehead atoms. The van der Waals surface area contributed by atoms with Crippen molar-refractivity contribution in [2.45, 2.75) is 45.1 Å². The maximum Gasteiger partial charge on any atom is 0.269 e. The van der Waals surface area contributed by atoms with Crippen molar-refractivity contribution in [2.24, 2.45) is 13.0 Å². The highest BCUT2D eigenvalue weighted by Gasteiger charge is 2.30. The maximum absolute atomic E-state index is 14.5. The Morgan fingerprint density at radius 3 is 2.71 bits per heavy atom. The predicted octanol–water partition coefficient (Wildman–Crippen LogP) is 2.87. The molecule has 2 atom stereocenters. The number of sulfonamides is 1. The van der Waals surface area contributed by atoms with Crippen LogP contribution in [0.15, 0.2) is 24.7 Å². The third kappa shape index (κ3) is 6.34. The molecule has 1 aromatic heterocycles. The first-order chi connectivity index (χ1) is 16.0. The van der Waals surface area contributed by atoms with E-state index in [0.29, 0.717) is 30.5 Å². The first-order valence-electron chi connectivity index (χ1n) is 11.0. The van der Waals surface area contributed by atoms with E-state index in [-0.39, 0.29) is 28.6 Å². The molecule has 12 heteroatoms. The van der Waals surface area contributed by atoms with Gasteiger partial charge in [-0.2, -0.15) is 0 Å². The van der Waals surface area contributed by atoms with E-state index in [9.17, 15) is 22.4 Å². The van der Waals surface area contributed by atoms with E-state index in [1.165, 1.54) is 12.1 Å². The van der Waals surface area contributed by atoms with Gasteiger partial charge < -0.3 is 9.47 Å². The highest BCUT2D eigenvalue weighted by atomic mass is 35.5. The normalized spacial score (nSPS) is 18.5. The summed E-state index contributed by atoms with van der Waals surface area (Å²) in [5.74, 6) is -2.30. The van der Waals surface area contributed by atoms with Gasteiger partial charge in [-0.15, -0.1) is 4.83 Å². The molecule has 2 amide bonds. The predicted molar refractivity (Wildman–Crippen MR) is 127 cm³/mol. The van der Waals surface area contributed by atoms with Crippen LogP contribution in [0.1, 0.15) is 49.4 Å². The Balaban J connectivity index is 1.65. The van der Waals surface area contributed by atoms with E-state index in [4.69, 9.17) is 11.6 Å². The molecule has 1 aliphatic rings. The lowest BCUT2D eigenvalue weighted by Crippen LogP contribution is -2.46. The molecule has 2 unspecified atom stereocenters. The number of nitrogens with one attached hydrogen (secondary N) is 2. The molecule has 2 aromatic rings. The topological polar surface area (TPSA) is 113 Å². The number of aromatic nitrogens is 2. The minimum atomic E-state index is -3.90. The summed E-state index contributed by atoms with van der Waals surface area (Å²) in [5, 5.41) is -0.282. The monoisotopic (exact) mass is 513 g/mol. The van der Waals surface area contributed by atoms with Crippen LogP contribution in [0, 0.1) is 11.7 Å². The Hall–Kier alpha value is -2.50. The summed E-state index contributed by atoms with van der Waals surface area (Å²) in [5.41, 5.74) is 2.57. The van der Waals surface area contributed by atoms with E-state index >= 15 is 0 Å². The van der Waals surface area contributed by atoms with Crippen molar-refractivity contribution in [1.29, 1.82) is 0 Å². The largest absolute Gasteiger partial charge is 0.343 e. The highest BCUT2D eigenvalue weighted by Crippen LogP contribution is 2.29. The summed E-state index contributed by atoms with van der Waals surface area (Å²) >= 11 is 5.95. The molecule has 186 valence electrons. The van der Waals surface area contributed by atoms with Gasteiger partial charge in [0.25, 0.3) is 5.91 Å². The van der Waals surface area contributed by atoms with Crippen molar-refractivity contribution in [3.63, 3.8) is 0 Å². The van der Waals surface area contributed by atoms with Crippen molar-refractivity contribution >= 4 is 33.4 Å². The summed E-state index contributed by atoms with van der Waals surface area (Å²) in [6.07, 6.45) is 6.52. The third-order valence-corrected chi connectivity index (χ3v) is 7.65. The molecule has 9 nitrogen and oxygen atoms in total. The van der Waals surface area contributed by atoms with Gasteiger partial charge in [0.05, 0.1) is 28.4 Å². The van der Waals surface area contributed by atoms with Crippen molar-refractivity contribution in [3.8, 4) is 11.3 Å². The summed E-state index contributed by atoms with van der Waals surface area (Å²) in [6.45, 7) is 1.79. The average molecular weight is 514 g/mol. The highest BCUT2D eigenvalue weighted by molar-refractivity contribution is 7.89. The van der Waals surface area contributed by atoms with Gasteiger partial charge in [0.1, 0.15) is 0 Å². The number of hydrogen-bond donors (Lipinski definition) is 2. The summed E-state index contributed by atoms with van der Waals surface area (Å²) < 4.78 is 41.4. The molecule has 2 N–H and O–H groups in total. The molecule has 1 saturated carbocycles. The number of imidazole rings is 1. The van der Waals surface area contributed by atoms with Gasteiger partial charge in [-0.3, -0.25) is 15.0 Å². The Morgan fingerprint density at radius 1 is 1.32 bits per heavy atom. The van der Waals surface area contributed by atoms with Crippen LogP contribution in [0.5, 0.6) is 0 Å². The molecule has 1 fully saturated rings. The average Bonchev–Trinajstić information content (AvgIpc) is 3.24. The number of halogens is 2. The van der Waals surface area contributed by atoms with Crippen LogP contribution in [0.3, 0.4) is 0 Å². The fraction of sp³-hybridized carbons (Fsp3) is 0.500. The molecule has 1 aliphatic carbocycles. The molecule has 34 heavy (non-hydrogen) atoms. The molecule has 0 spiro atoms. The number of nitrogens with zero attached hydrogens (tertiary/aromatic N) is 3. The fourth-order valence-corrected chi connectivity index (χ4v) is 5.70. The SMILES string of the molecule is CCC(=O)N(C)C1CCCC(CS(=O)(=O)NNC(=O)c2cc(-c3cn(C)cn3)cc(Cl)c2F)C1. The number of hydrazine groups is 1. The van der Waals surface area contributed by atoms with Crippen molar-refractivity contribution in [3.05, 3.63) is 41.1 Å². The number of carbonyl (C=O) groups excluding carboxylic acids is 2. The molecule has 1 aromatic carbocycles. The minimum Gasteiger partial charge on any atom is -0.343 e. The maximum atomic E-state index is 14.5. The first-order valence-corrected chi connectivity index (χ1v) is 13.1. The second-order valence-corrected chi connectivity index (χ2v) is 10.8. The second-order valence-electron chi connectivity index (χ2n) is 8.63. The standard InChI is InChI=1S/C22H29ClFN5O4S/c1-4-20(30)29(3)16-7-5-6-14(8-16)12-34(32,33)27-26-22(31)17-9-15(10-18(23)21(17)24)19-11-28(2)13-25-19/h9-11,13-14,16,27H,4-8,12H2,1-3H3,(H,26,31). The molecule has 0 saturated heterocycles. The van der Waals surface area contributed by atoms with Crippen LogP contribution in [-0.2, 0) is 21.9 Å². The number of carbonyl (C=O) groups is 2. The lowest BCUT2D eigenvalue weighted by molar-refractivity contribution is -0.132. The first kappa shape index (κ1) is 26.1. The van der Waals surface area contributed by atoms with Crippen LogP contribution in [-0.4, -0.2) is 53.5 Å². The van der Waals surface area contributed by atoms with Gasteiger partial charge in [-0.05, 0) is 37.3 Å². The van der Waals surface area contributed by atoms with E-state index in [2.05, 4.69) is 15.2 Å². The van der Waals surface area contributed by atoms with E-state index in [0.717, 1.165) is 12.8 Å². The van der Waals surface area contributed by atoms with E-state index in [1.54, 1.807) is 43.0 Å². The second kappa shape index (κ2) is 10.8. The van der Waals surface area contributed by atoms with Crippen LogP contribution >= 0.6 is 11.6 Å². The van der Waals surface area contributed by atoms with Gasteiger partial charge in [-0.1, -0.05) is 24.9 Å². The van der Waals surface area contributed by atoms with Crippen LogP contribution in [0.4, 0.5) is 4.39 Å². The zero-order valence-electron chi connectivity index (χ0n) is 19.3. The van der Waals surface area contributed by atoms with Crippen LogP contribution < -0.4 is 10.3 Å². The van der Waals surface area contributed by atoms with Gasteiger partial charge in [0, 0.05) is 38.3 Å². The Morgan fingerprint density at radius 2 is 2.06 bits per heavy atom. The lowest BCUT2D eigenvalue weighted by atomic mass is 9.86. The number of benzene rings is 1. The van der Waals surface area contributed by atoms with E-state index < -0.39 is 27.3 Å². The van der Waals surface area contributed by atoms with Gasteiger partial charge in [0.2, 0.25) is 15.9 Å². The van der Waals surface area contributed by atoms with Crippen molar-refractivity contribution in [1.82, 2.24) is 24.7 Å². The molecular weight excluding hydrogens is 485 g/mol. The lowest BCUT2D eigenvalue weighted by Gasteiger charge is -2.35. The third-order valence-electron chi connectivity index (χ3n) is 6.05. The fourth-order valence-electron chi connectivity index (χ4n) is 4.23. The van der Waals surface area contributed by atoms with Crippen molar-refractivity contribution < 1.29 is 22.4 Å². The molecular formula is C22H29ClFN5O4S. The Labute approximate surface area is 203 Å². The quantitative estimate of drug-likeness (QED) is 0.527. The van der Waals surface area contributed by atoms with Gasteiger partial charge in [-0.25, -0.2) is 17.8 Å². The molecule has 3 rings (SSSR count). The number of amides is 2. The number of hydrogen-bond acceptors (Lipinski definition) is 5. The van der Waals surface area contributed by atoms with Gasteiger partial charge in [0.15, 0.2) is 5.82 Å². The van der Waals surface area contributed by atoms with E-state index in [1.807, 2.05) is 0 Å². The molecule has 0 radical (unpaired) electrons. The Bertz CT molecular complexity index is 1170. The van der Waals surface area contributed by atoms with Crippen LogP contribution in [0.2, 0.25) is 5.02 Å². The van der Waals surface area contributed by atoms with Crippen LogP contribution in [0.25, 0.3) is 11.3 Å². The minimum absolute atomic E-state index is 0.0124.